The van der Waals surface area contributed by atoms with Crippen molar-refractivity contribution in [2.45, 2.75) is 120 Å². The summed E-state index contributed by atoms with van der Waals surface area (Å²) in [5.74, 6) is 0.472. The lowest BCUT2D eigenvalue weighted by atomic mass is 9.82. The number of nitrogens with zero attached hydrogens (tertiary/aromatic N) is 3. The van der Waals surface area contributed by atoms with E-state index in [9.17, 15) is 5.11 Å². The van der Waals surface area contributed by atoms with Crippen LogP contribution in [0, 0.1) is 0 Å². The van der Waals surface area contributed by atoms with Gasteiger partial charge in [-0.25, -0.2) is 4.98 Å². The van der Waals surface area contributed by atoms with Gasteiger partial charge in [0.1, 0.15) is 30.6 Å². The van der Waals surface area contributed by atoms with E-state index in [2.05, 4.69) is 64.7 Å². The first-order valence-corrected chi connectivity index (χ1v) is 21.3. The zero-order valence-corrected chi connectivity index (χ0v) is 30.4. The average Bonchev–Trinajstić information content (AvgIpc) is 3.68. The number of rotatable bonds is 11. The van der Waals surface area contributed by atoms with Crippen molar-refractivity contribution in [1.82, 2.24) is 14.5 Å². The van der Waals surface area contributed by atoms with Crippen LogP contribution in [0.3, 0.4) is 0 Å². The van der Waals surface area contributed by atoms with Crippen molar-refractivity contribution in [1.29, 1.82) is 0 Å². The van der Waals surface area contributed by atoms with Crippen LogP contribution >= 0.6 is 23.6 Å². The van der Waals surface area contributed by atoms with Gasteiger partial charge >= 0.3 is 6.01 Å². The zero-order valence-electron chi connectivity index (χ0n) is 27.8. The van der Waals surface area contributed by atoms with Crippen LogP contribution in [0.5, 0.6) is 6.01 Å². The monoisotopic (exact) mass is 689 g/mol. The van der Waals surface area contributed by atoms with Crippen molar-refractivity contribution in [3.63, 3.8) is 0 Å². The first-order valence-electron chi connectivity index (χ1n) is 16.5. The molecule has 252 valence electrons. The normalized spacial score (nSPS) is 27.0. The van der Waals surface area contributed by atoms with Gasteiger partial charge < -0.3 is 28.2 Å². The fraction of sp³-hybridized carbons (Fsp3) is 0.647. The number of fused-ring (bicyclic) bond motifs is 2. The van der Waals surface area contributed by atoms with Crippen molar-refractivity contribution in [2.24, 2.45) is 0 Å². The molecule has 2 aliphatic heterocycles. The Balaban J connectivity index is 1.24. The van der Waals surface area contributed by atoms with Crippen LogP contribution in [0.1, 0.15) is 57.9 Å². The minimum absolute atomic E-state index is 0.0258. The Morgan fingerprint density at radius 1 is 1.00 bits per heavy atom. The molecule has 9 nitrogen and oxygen atoms in total. The van der Waals surface area contributed by atoms with Crippen LogP contribution in [-0.4, -0.2) is 82.8 Å². The number of imidazole rings is 1. The molecule has 4 atom stereocenters. The van der Waals surface area contributed by atoms with E-state index < -0.39 is 8.07 Å². The molecule has 6 rings (SSSR count). The lowest BCUT2D eigenvalue weighted by Crippen LogP contribution is -2.35. The molecule has 3 aromatic rings. The highest BCUT2D eigenvalue weighted by molar-refractivity contribution is 7.96. The first-order chi connectivity index (χ1) is 21.8. The quantitative estimate of drug-likeness (QED) is 0.125. The van der Waals surface area contributed by atoms with Gasteiger partial charge in [-0.2, -0.15) is 4.98 Å². The summed E-state index contributed by atoms with van der Waals surface area (Å²) in [4.78, 5) is 9.88. The Morgan fingerprint density at radius 2 is 1.67 bits per heavy atom. The van der Waals surface area contributed by atoms with Gasteiger partial charge in [0.2, 0.25) is 0 Å². The molecule has 0 unspecified atom stereocenters. The van der Waals surface area contributed by atoms with Crippen molar-refractivity contribution >= 4 is 42.9 Å². The molecule has 0 radical (unpaired) electrons. The Kier molecular flexibility index (Phi) is 10.4. The van der Waals surface area contributed by atoms with Crippen molar-refractivity contribution < 1.29 is 28.2 Å². The molecule has 1 aromatic carbocycles. The number of hydrogen-bond donors (Lipinski definition) is 1. The second-order valence-corrected chi connectivity index (χ2v) is 22.7. The third-order valence-corrected chi connectivity index (χ3v) is 11.7. The summed E-state index contributed by atoms with van der Waals surface area (Å²) in [5, 5.41) is 10.4. The van der Waals surface area contributed by atoms with E-state index in [4.69, 9.17) is 44.7 Å². The van der Waals surface area contributed by atoms with Crippen LogP contribution in [0.4, 0.5) is 0 Å². The summed E-state index contributed by atoms with van der Waals surface area (Å²) < 4.78 is 33.0. The highest BCUT2D eigenvalue weighted by Crippen LogP contribution is 2.38. The second kappa shape index (κ2) is 14.0. The summed E-state index contributed by atoms with van der Waals surface area (Å²) >= 11 is 8.29. The minimum atomic E-state index is -1.27. The number of halogens is 1. The number of aromatic nitrogens is 3. The van der Waals surface area contributed by atoms with Crippen LogP contribution < -0.4 is 4.74 Å². The van der Waals surface area contributed by atoms with E-state index in [-0.39, 0.29) is 42.0 Å². The van der Waals surface area contributed by atoms with Gasteiger partial charge in [-0.05, 0) is 82.1 Å². The van der Waals surface area contributed by atoms with Crippen LogP contribution in [0.15, 0.2) is 30.3 Å². The first kappa shape index (κ1) is 34.2. The number of aliphatic hydroxyl groups is 1. The maximum atomic E-state index is 9.92. The van der Waals surface area contributed by atoms with Crippen molar-refractivity contribution in [2.75, 3.05) is 19.8 Å². The van der Waals surface area contributed by atoms with Gasteiger partial charge in [0.15, 0.2) is 11.8 Å². The Morgan fingerprint density at radius 3 is 2.35 bits per heavy atom. The predicted molar refractivity (Wildman–Crippen MR) is 185 cm³/mol. The molecule has 0 spiro atoms. The van der Waals surface area contributed by atoms with Gasteiger partial charge in [-0.3, -0.25) is 4.57 Å². The molecule has 12 heteroatoms. The molecular formula is C34H48ClN3O6SSi. The summed E-state index contributed by atoms with van der Waals surface area (Å²) in [5.41, 5.74) is 4.21. The fourth-order valence-electron chi connectivity index (χ4n) is 6.22. The third-order valence-electron chi connectivity index (χ3n) is 8.85. The smallest absolute Gasteiger partial charge is 0.301 e. The number of aliphatic hydroxyl groups excluding tert-OH is 1. The van der Waals surface area contributed by atoms with Crippen LogP contribution in [0.25, 0.3) is 22.4 Å². The van der Waals surface area contributed by atoms with E-state index in [0.29, 0.717) is 53.6 Å². The van der Waals surface area contributed by atoms with Crippen LogP contribution in [-0.2, 0) is 25.1 Å². The summed E-state index contributed by atoms with van der Waals surface area (Å²) in [7, 11) is -1.27. The lowest BCUT2D eigenvalue weighted by Gasteiger charge is -2.25. The summed E-state index contributed by atoms with van der Waals surface area (Å²) in [6.07, 6.45) is 2.59. The third kappa shape index (κ3) is 8.11. The molecule has 1 N–H and O–H groups in total. The SMILES string of the molecule is CC(C)(C)SO[C@@H]1CO[C@H]2[C@@H]1OC[C@H]2Oc1nc2cc(Cl)c(-c3ccc(C4CCC(O)CC4)cc3)nc2n1COCC[Si](C)(C)C. The molecule has 3 fully saturated rings. The van der Waals surface area contributed by atoms with E-state index >= 15 is 0 Å². The van der Waals surface area contributed by atoms with E-state index in [1.807, 2.05) is 10.6 Å². The van der Waals surface area contributed by atoms with E-state index in [1.165, 1.54) is 17.6 Å². The van der Waals surface area contributed by atoms with Gasteiger partial charge in [0, 0.05) is 25.0 Å². The van der Waals surface area contributed by atoms with Gasteiger partial charge in [-0.15, -0.1) is 0 Å². The molecular weight excluding hydrogens is 642 g/mol. The average molecular weight is 690 g/mol. The molecule has 0 amide bonds. The Hall–Kier alpha value is -1.70. The molecule has 0 bridgehead atoms. The number of benzene rings is 1. The number of ether oxygens (including phenoxy) is 4. The van der Waals surface area contributed by atoms with Gasteiger partial charge in [0.05, 0.1) is 30.0 Å². The topological polar surface area (TPSA) is 97.1 Å². The van der Waals surface area contributed by atoms with Crippen molar-refractivity contribution in [3.8, 4) is 17.3 Å². The van der Waals surface area contributed by atoms with Crippen molar-refractivity contribution in [3.05, 3.63) is 40.9 Å². The molecule has 2 saturated heterocycles. The zero-order chi connectivity index (χ0) is 32.6. The molecule has 1 saturated carbocycles. The molecule has 2 aromatic heterocycles. The molecule has 1 aliphatic carbocycles. The summed E-state index contributed by atoms with van der Waals surface area (Å²) in [6, 6.07) is 11.8. The minimum Gasteiger partial charge on any atom is -0.456 e. The molecule has 3 aliphatic rings. The Bertz CT molecular complexity index is 1490. The Labute approximate surface area is 282 Å². The standard InChI is InChI=1S/C34H48ClN3O6SSi/c1-34(2,3)45-44-28-19-42-30-27(18-41-31(28)30)43-33-36-26-17-25(35)29(37-32(26)38(33)20-40-15-16-46(4,5)6)23-9-7-21(8-10-23)22-11-13-24(39)14-12-22/h7-10,17,22,24,27-28,30-31,39H,11-16,18-20H2,1-6H3/t22?,24?,27-,28-,30-,31-/m1/s1. The number of pyridine rings is 1. The molecule has 4 heterocycles. The maximum absolute atomic E-state index is 9.92. The van der Waals surface area contributed by atoms with E-state index in [0.717, 1.165) is 37.3 Å². The number of hydrogen-bond acceptors (Lipinski definition) is 9. The second-order valence-electron chi connectivity index (χ2n) is 15.0. The summed E-state index contributed by atoms with van der Waals surface area (Å²) in [6.45, 7) is 15.1. The fourth-order valence-corrected chi connectivity index (χ4v) is 7.81. The highest BCUT2D eigenvalue weighted by Gasteiger charge is 2.50. The van der Waals surface area contributed by atoms with Crippen LogP contribution in [0.2, 0.25) is 30.7 Å². The van der Waals surface area contributed by atoms with Gasteiger partial charge in [-0.1, -0.05) is 55.5 Å². The maximum Gasteiger partial charge on any atom is 0.301 e. The predicted octanol–water partition coefficient (Wildman–Crippen LogP) is 7.46. The highest BCUT2D eigenvalue weighted by atomic mass is 35.5. The van der Waals surface area contributed by atoms with Gasteiger partial charge in [0.25, 0.3) is 0 Å². The largest absolute Gasteiger partial charge is 0.456 e. The van der Waals surface area contributed by atoms with E-state index in [1.54, 1.807) is 0 Å². The lowest BCUT2D eigenvalue weighted by molar-refractivity contribution is 0.0125. The molecule has 46 heavy (non-hydrogen) atoms.